The second-order valence-corrected chi connectivity index (χ2v) is 6.76. The van der Waals surface area contributed by atoms with Crippen LogP contribution < -0.4 is 0 Å². The van der Waals surface area contributed by atoms with Gasteiger partial charge in [-0.25, -0.2) is 0 Å². The molecule has 0 spiro atoms. The third-order valence-electron chi connectivity index (χ3n) is 5.10. The zero-order valence-corrected chi connectivity index (χ0v) is 13.1. The van der Waals surface area contributed by atoms with Gasteiger partial charge >= 0.3 is 0 Å². The van der Waals surface area contributed by atoms with Crippen molar-refractivity contribution < 1.29 is 14.6 Å². The first-order valence-electron chi connectivity index (χ1n) is 7.93. The van der Waals surface area contributed by atoms with Gasteiger partial charge in [0, 0.05) is 12.7 Å². The molecule has 1 aromatic rings. The molecule has 0 saturated heterocycles. The van der Waals surface area contributed by atoms with Crippen molar-refractivity contribution in [1.29, 1.82) is 0 Å². The summed E-state index contributed by atoms with van der Waals surface area (Å²) in [6.45, 7) is 5.33. The van der Waals surface area contributed by atoms with Crippen molar-refractivity contribution in [3.63, 3.8) is 0 Å². The lowest BCUT2D eigenvalue weighted by Crippen LogP contribution is -2.29. The van der Waals surface area contributed by atoms with Crippen molar-refractivity contribution in [2.75, 3.05) is 20.3 Å². The van der Waals surface area contributed by atoms with E-state index in [0.717, 1.165) is 38.3 Å². The summed E-state index contributed by atoms with van der Waals surface area (Å²) in [6, 6.07) is 0. The van der Waals surface area contributed by atoms with Crippen LogP contribution in [-0.2, 0) is 29.2 Å². The van der Waals surface area contributed by atoms with Gasteiger partial charge in [-0.2, -0.15) is 5.10 Å². The van der Waals surface area contributed by atoms with E-state index >= 15 is 0 Å². The maximum absolute atomic E-state index is 9.65. The van der Waals surface area contributed by atoms with Gasteiger partial charge in [-0.05, 0) is 37.0 Å². The molecule has 1 aromatic heterocycles. The van der Waals surface area contributed by atoms with Gasteiger partial charge in [-0.15, -0.1) is 0 Å². The number of aromatic nitrogens is 2. The highest BCUT2D eigenvalue weighted by molar-refractivity contribution is 5.31. The predicted molar refractivity (Wildman–Crippen MR) is 79.0 cm³/mol. The van der Waals surface area contributed by atoms with E-state index in [9.17, 15) is 5.11 Å². The van der Waals surface area contributed by atoms with Crippen molar-refractivity contribution in [3.05, 3.63) is 17.0 Å². The number of aliphatic hydroxyl groups is 1. The molecule has 0 atom stereocenters. The minimum Gasteiger partial charge on any atom is -0.390 e. The highest BCUT2D eigenvalue weighted by atomic mass is 16.5. The van der Waals surface area contributed by atoms with Crippen molar-refractivity contribution in [1.82, 2.24) is 9.78 Å². The van der Waals surface area contributed by atoms with Crippen LogP contribution in [0.15, 0.2) is 0 Å². The predicted octanol–water partition coefficient (Wildman–Crippen LogP) is 2.22. The van der Waals surface area contributed by atoms with E-state index < -0.39 is 0 Å². The minimum absolute atomic E-state index is 0.0289. The first kappa shape index (κ1) is 15.0. The number of rotatable bonds is 4. The van der Waals surface area contributed by atoms with Crippen LogP contribution in [0, 0.1) is 5.41 Å². The third kappa shape index (κ3) is 2.87. The topological polar surface area (TPSA) is 56.5 Å². The third-order valence-corrected chi connectivity index (χ3v) is 5.10. The second-order valence-electron chi connectivity index (χ2n) is 6.76. The Labute approximate surface area is 126 Å². The number of aliphatic hydroxyl groups excluding tert-OH is 1. The van der Waals surface area contributed by atoms with Gasteiger partial charge in [0.05, 0.1) is 44.4 Å². The van der Waals surface area contributed by atoms with Crippen LogP contribution in [0.1, 0.15) is 55.5 Å². The average Bonchev–Trinajstić information content (AvgIpc) is 2.87. The molecule has 1 aliphatic carbocycles. The Morgan fingerprint density at radius 1 is 1.43 bits per heavy atom. The Bertz CT molecular complexity index is 490. The summed E-state index contributed by atoms with van der Waals surface area (Å²) in [5.74, 6) is 0.502. The van der Waals surface area contributed by atoms with E-state index in [4.69, 9.17) is 9.47 Å². The maximum atomic E-state index is 9.65. The molecule has 21 heavy (non-hydrogen) atoms. The molecule has 0 unspecified atom stereocenters. The molecule has 2 heterocycles. The summed E-state index contributed by atoms with van der Waals surface area (Å²) in [4.78, 5) is 0. The van der Waals surface area contributed by atoms with Crippen molar-refractivity contribution in [2.45, 2.75) is 58.3 Å². The molecular formula is C16H26N2O3. The summed E-state index contributed by atoms with van der Waals surface area (Å²) in [6.07, 6.45) is 4.63. The van der Waals surface area contributed by atoms with Crippen LogP contribution >= 0.6 is 0 Å². The van der Waals surface area contributed by atoms with Crippen molar-refractivity contribution in [2.24, 2.45) is 5.41 Å². The van der Waals surface area contributed by atoms with Gasteiger partial charge in [0.25, 0.3) is 0 Å². The maximum Gasteiger partial charge on any atom is 0.0917 e. The number of hydrogen-bond acceptors (Lipinski definition) is 4. The Morgan fingerprint density at radius 2 is 2.19 bits per heavy atom. The van der Waals surface area contributed by atoms with Crippen LogP contribution in [0.2, 0.25) is 0 Å². The van der Waals surface area contributed by atoms with Crippen LogP contribution in [0.4, 0.5) is 0 Å². The number of nitrogens with zero attached hydrogens (tertiary/aromatic N) is 2. The normalized spacial score (nSPS) is 29.4. The summed E-state index contributed by atoms with van der Waals surface area (Å²) < 4.78 is 13.0. The molecule has 5 nitrogen and oxygen atoms in total. The fourth-order valence-electron chi connectivity index (χ4n) is 3.91. The van der Waals surface area contributed by atoms with Crippen molar-refractivity contribution in [3.8, 4) is 0 Å². The summed E-state index contributed by atoms with van der Waals surface area (Å²) in [5, 5.41) is 14.2. The standard InChI is InChI=1S/C16H26N2O3/c1-16(11-20-2)5-3-12(4-6-16)15-13(9-19)17-18-7-8-21-10-14(15)18/h12,19H,3-11H2,1-2H3. The van der Waals surface area contributed by atoms with Crippen LogP contribution in [0.25, 0.3) is 0 Å². The first-order chi connectivity index (χ1) is 10.2. The lowest BCUT2D eigenvalue weighted by molar-refractivity contribution is 0.0566. The quantitative estimate of drug-likeness (QED) is 0.925. The smallest absolute Gasteiger partial charge is 0.0917 e. The highest BCUT2D eigenvalue weighted by Gasteiger charge is 2.35. The summed E-state index contributed by atoms with van der Waals surface area (Å²) in [7, 11) is 1.78. The molecule has 0 aromatic carbocycles. The lowest BCUT2D eigenvalue weighted by atomic mass is 9.70. The van der Waals surface area contributed by atoms with Crippen LogP contribution in [0.3, 0.4) is 0 Å². The van der Waals surface area contributed by atoms with Gasteiger partial charge < -0.3 is 14.6 Å². The van der Waals surface area contributed by atoms with Crippen LogP contribution in [-0.4, -0.2) is 35.2 Å². The molecule has 2 aliphatic rings. The SMILES string of the molecule is COCC1(C)CCC(c2c(CO)nn3c2COCC3)CC1. The van der Waals surface area contributed by atoms with Gasteiger partial charge in [0.1, 0.15) is 0 Å². The van der Waals surface area contributed by atoms with Crippen molar-refractivity contribution >= 4 is 0 Å². The summed E-state index contributed by atoms with van der Waals surface area (Å²) in [5.41, 5.74) is 3.60. The average molecular weight is 294 g/mol. The Hall–Kier alpha value is -0.910. The fourth-order valence-corrected chi connectivity index (χ4v) is 3.91. The van der Waals surface area contributed by atoms with Gasteiger partial charge in [-0.1, -0.05) is 6.92 Å². The molecular weight excluding hydrogens is 268 g/mol. The Morgan fingerprint density at radius 3 is 2.86 bits per heavy atom. The molecule has 1 N–H and O–H groups in total. The Kier molecular flexibility index (Phi) is 4.33. The molecule has 1 fully saturated rings. The molecule has 118 valence electrons. The first-order valence-corrected chi connectivity index (χ1v) is 7.93. The largest absolute Gasteiger partial charge is 0.390 e. The number of fused-ring (bicyclic) bond motifs is 1. The number of hydrogen-bond donors (Lipinski definition) is 1. The fraction of sp³-hybridized carbons (Fsp3) is 0.812. The van der Waals surface area contributed by atoms with E-state index in [1.54, 1.807) is 7.11 Å². The van der Waals surface area contributed by atoms with Gasteiger partial charge in [-0.3, -0.25) is 4.68 Å². The summed E-state index contributed by atoms with van der Waals surface area (Å²) >= 11 is 0. The van der Waals surface area contributed by atoms with E-state index in [2.05, 4.69) is 12.0 Å². The molecule has 0 bridgehead atoms. The minimum atomic E-state index is 0.0289. The molecule has 1 aliphatic heterocycles. The van der Waals surface area contributed by atoms with Crippen LogP contribution in [0.5, 0.6) is 0 Å². The number of methoxy groups -OCH3 is 1. The molecule has 5 heteroatoms. The second kappa shape index (κ2) is 6.07. The lowest BCUT2D eigenvalue weighted by Gasteiger charge is -2.37. The number of ether oxygens (including phenoxy) is 2. The molecule has 0 amide bonds. The van der Waals surface area contributed by atoms with E-state index in [1.165, 1.54) is 24.1 Å². The molecule has 0 radical (unpaired) electrons. The van der Waals surface area contributed by atoms with E-state index in [1.807, 2.05) is 4.68 Å². The van der Waals surface area contributed by atoms with E-state index in [0.29, 0.717) is 17.9 Å². The molecule has 1 saturated carbocycles. The van der Waals surface area contributed by atoms with Gasteiger partial charge in [0.2, 0.25) is 0 Å². The molecule has 3 rings (SSSR count). The van der Waals surface area contributed by atoms with E-state index in [-0.39, 0.29) is 6.61 Å². The highest BCUT2D eigenvalue weighted by Crippen LogP contribution is 2.44. The monoisotopic (exact) mass is 294 g/mol. The van der Waals surface area contributed by atoms with Gasteiger partial charge in [0.15, 0.2) is 0 Å². The zero-order chi connectivity index (χ0) is 14.9. The zero-order valence-electron chi connectivity index (χ0n) is 13.1. The Balaban J connectivity index is 1.80.